The van der Waals surface area contributed by atoms with Crippen LogP contribution in [0.5, 0.6) is 5.75 Å². The molecule has 6 heteroatoms. The number of hydrogen-bond acceptors (Lipinski definition) is 3. The van der Waals surface area contributed by atoms with Crippen LogP contribution in [0.4, 0.5) is 9.18 Å². The van der Waals surface area contributed by atoms with E-state index in [9.17, 15) is 14.0 Å². The quantitative estimate of drug-likeness (QED) is 0.520. The number of amides is 3. The van der Waals surface area contributed by atoms with Crippen LogP contribution in [0.2, 0.25) is 0 Å². The Hall–Kier alpha value is -2.89. The smallest absolute Gasteiger partial charge is 0.325 e. The van der Waals surface area contributed by atoms with Gasteiger partial charge in [-0.3, -0.25) is 9.69 Å². The first kappa shape index (κ1) is 19.9. The molecule has 3 amide bonds. The molecule has 1 unspecified atom stereocenters. The SMILES string of the molecule is CCCCC1(c2ccccc2)NC(=O)N(CCCOc2ccc(F)cc2)C1=O. The van der Waals surface area contributed by atoms with Crippen LogP contribution in [-0.2, 0) is 10.3 Å². The molecule has 1 fully saturated rings. The number of urea groups is 1. The van der Waals surface area contributed by atoms with Crippen molar-refractivity contribution < 1.29 is 18.7 Å². The zero-order chi connectivity index (χ0) is 20.0. The number of carbonyl (C=O) groups excluding carboxylic acids is 2. The first-order valence-corrected chi connectivity index (χ1v) is 9.65. The molecule has 5 nitrogen and oxygen atoms in total. The number of rotatable bonds is 9. The number of benzene rings is 2. The fourth-order valence-corrected chi connectivity index (χ4v) is 3.45. The fourth-order valence-electron chi connectivity index (χ4n) is 3.45. The van der Waals surface area contributed by atoms with E-state index in [4.69, 9.17) is 4.74 Å². The van der Waals surface area contributed by atoms with Crippen LogP contribution in [0.25, 0.3) is 0 Å². The van der Waals surface area contributed by atoms with E-state index in [0.717, 1.165) is 18.4 Å². The summed E-state index contributed by atoms with van der Waals surface area (Å²) in [5.41, 5.74) is -0.182. The molecule has 1 N–H and O–H groups in total. The average molecular weight is 384 g/mol. The summed E-state index contributed by atoms with van der Waals surface area (Å²) in [5, 5.41) is 2.94. The van der Waals surface area contributed by atoms with Gasteiger partial charge in [-0.25, -0.2) is 9.18 Å². The summed E-state index contributed by atoms with van der Waals surface area (Å²) in [4.78, 5) is 27.0. The molecule has 148 valence electrons. The monoisotopic (exact) mass is 384 g/mol. The molecule has 1 heterocycles. The first-order valence-electron chi connectivity index (χ1n) is 9.65. The van der Waals surface area contributed by atoms with Crippen molar-refractivity contribution in [1.82, 2.24) is 10.2 Å². The fraction of sp³-hybridized carbons (Fsp3) is 0.364. The third kappa shape index (κ3) is 4.16. The van der Waals surface area contributed by atoms with Gasteiger partial charge < -0.3 is 10.1 Å². The van der Waals surface area contributed by atoms with Gasteiger partial charge in [-0.05, 0) is 42.7 Å². The van der Waals surface area contributed by atoms with Gasteiger partial charge in [0.1, 0.15) is 17.1 Å². The average Bonchev–Trinajstić information content (AvgIpc) is 2.96. The summed E-state index contributed by atoms with van der Waals surface area (Å²) in [6.45, 7) is 2.66. The molecule has 3 rings (SSSR count). The highest BCUT2D eigenvalue weighted by Gasteiger charge is 2.51. The van der Waals surface area contributed by atoms with Crippen molar-refractivity contribution in [3.63, 3.8) is 0 Å². The predicted octanol–water partition coefficient (Wildman–Crippen LogP) is 4.23. The largest absolute Gasteiger partial charge is 0.494 e. The van der Waals surface area contributed by atoms with Crippen LogP contribution in [0.15, 0.2) is 54.6 Å². The van der Waals surface area contributed by atoms with Crippen LogP contribution in [0, 0.1) is 5.82 Å². The molecular formula is C22H25FN2O3. The Morgan fingerprint density at radius 2 is 1.75 bits per heavy atom. The first-order chi connectivity index (χ1) is 13.6. The highest BCUT2D eigenvalue weighted by Crippen LogP contribution is 2.34. The molecule has 2 aromatic rings. The second-order valence-corrected chi connectivity index (χ2v) is 6.92. The maximum absolute atomic E-state index is 13.2. The molecule has 0 spiro atoms. The highest BCUT2D eigenvalue weighted by atomic mass is 19.1. The lowest BCUT2D eigenvalue weighted by Gasteiger charge is -2.27. The standard InChI is InChI=1S/C22H25FN2O3/c1-2-3-14-22(17-8-5-4-6-9-17)20(26)25(21(27)24-22)15-7-16-28-19-12-10-18(23)11-13-19/h4-6,8-13H,2-3,7,14-16H2,1H3,(H,24,27). The molecule has 2 aromatic carbocycles. The lowest BCUT2D eigenvalue weighted by Crippen LogP contribution is -2.44. The van der Waals surface area contributed by atoms with Crippen LogP contribution in [-0.4, -0.2) is 30.0 Å². The van der Waals surface area contributed by atoms with Crippen LogP contribution >= 0.6 is 0 Å². The van der Waals surface area contributed by atoms with Crippen molar-refractivity contribution in [2.45, 2.75) is 38.1 Å². The minimum absolute atomic E-state index is 0.209. The summed E-state index contributed by atoms with van der Waals surface area (Å²) in [5.74, 6) is 0.0233. The van der Waals surface area contributed by atoms with Crippen molar-refractivity contribution in [3.8, 4) is 5.75 Å². The van der Waals surface area contributed by atoms with Crippen molar-refractivity contribution in [3.05, 3.63) is 66.0 Å². The molecule has 1 aliphatic heterocycles. The topological polar surface area (TPSA) is 58.6 Å². The van der Waals surface area contributed by atoms with E-state index in [1.54, 1.807) is 12.1 Å². The number of imide groups is 1. The minimum Gasteiger partial charge on any atom is -0.494 e. The maximum Gasteiger partial charge on any atom is 0.325 e. The van der Waals surface area contributed by atoms with Crippen molar-refractivity contribution in [2.75, 3.05) is 13.2 Å². The molecular weight excluding hydrogens is 359 g/mol. The van der Waals surface area contributed by atoms with Gasteiger partial charge in [-0.2, -0.15) is 0 Å². The van der Waals surface area contributed by atoms with E-state index in [1.807, 2.05) is 30.3 Å². The Bertz CT molecular complexity index is 810. The second-order valence-electron chi connectivity index (χ2n) is 6.92. The molecule has 0 radical (unpaired) electrons. The molecule has 1 saturated heterocycles. The van der Waals surface area contributed by atoms with E-state index >= 15 is 0 Å². The predicted molar refractivity (Wildman–Crippen MR) is 104 cm³/mol. The Labute approximate surface area is 164 Å². The molecule has 1 aliphatic rings. The number of ether oxygens (including phenoxy) is 1. The lowest BCUT2D eigenvalue weighted by molar-refractivity contribution is -0.132. The lowest BCUT2D eigenvalue weighted by atomic mass is 9.85. The number of hydrogen-bond donors (Lipinski definition) is 1. The molecule has 0 aliphatic carbocycles. The van der Waals surface area contributed by atoms with Crippen molar-refractivity contribution >= 4 is 11.9 Å². The number of nitrogens with zero attached hydrogens (tertiary/aromatic N) is 1. The maximum atomic E-state index is 13.2. The molecule has 28 heavy (non-hydrogen) atoms. The molecule has 1 atom stereocenters. The molecule has 0 bridgehead atoms. The van der Waals surface area contributed by atoms with E-state index in [2.05, 4.69) is 12.2 Å². The van der Waals surface area contributed by atoms with Crippen molar-refractivity contribution in [2.24, 2.45) is 0 Å². The van der Waals surface area contributed by atoms with E-state index in [1.165, 1.54) is 17.0 Å². The van der Waals surface area contributed by atoms with Crippen LogP contribution in [0.3, 0.4) is 0 Å². The van der Waals surface area contributed by atoms with E-state index in [-0.39, 0.29) is 24.3 Å². The third-order valence-corrected chi connectivity index (χ3v) is 4.96. The summed E-state index contributed by atoms with van der Waals surface area (Å²) >= 11 is 0. The van der Waals surface area contributed by atoms with Gasteiger partial charge in [-0.1, -0.05) is 50.1 Å². The molecule has 0 saturated carbocycles. The van der Waals surface area contributed by atoms with Crippen molar-refractivity contribution in [1.29, 1.82) is 0 Å². The summed E-state index contributed by atoms with van der Waals surface area (Å²) < 4.78 is 18.5. The third-order valence-electron chi connectivity index (χ3n) is 4.96. The van der Waals surface area contributed by atoms with Gasteiger partial charge in [0, 0.05) is 6.54 Å². The second kappa shape index (κ2) is 8.87. The zero-order valence-electron chi connectivity index (χ0n) is 16.0. The number of nitrogens with one attached hydrogen (secondary N) is 1. The number of carbonyl (C=O) groups is 2. The van der Waals surface area contributed by atoms with Gasteiger partial charge in [0.2, 0.25) is 0 Å². The Kier molecular flexibility index (Phi) is 6.29. The Morgan fingerprint density at radius 3 is 2.43 bits per heavy atom. The van der Waals surface area contributed by atoms with Crippen LogP contribution in [0.1, 0.15) is 38.2 Å². The normalized spacial score (nSPS) is 19.0. The Balaban J connectivity index is 1.64. The highest BCUT2D eigenvalue weighted by molar-refractivity contribution is 6.07. The Morgan fingerprint density at radius 1 is 1.04 bits per heavy atom. The van der Waals surface area contributed by atoms with Gasteiger partial charge in [-0.15, -0.1) is 0 Å². The minimum atomic E-state index is -0.994. The summed E-state index contributed by atoms with van der Waals surface area (Å²) in [7, 11) is 0. The van der Waals surface area contributed by atoms with Gasteiger partial charge in [0.25, 0.3) is 5.91 Å². The van der Waals surface area contributed by atoms with Gasteiger partial charge >= 0.3 is 6.03 Å². The number of unbranched alkanes of at least 4 members (excludes halogenated alkanes) is 1. The number of halogens is 1. The van der Waals surface area contributed by atoms with Gasteiger partial charge in [0.05, 0.1) is 6.61 Å². The van der Waals surface area contributed by atoms with Gasteiger partial charge in [0.15, 0.2) is 0 Å². The van der Waals surface area contributed by atoms with Crippen LogP contribution < -0.4 is 10.1 Å². The van der Waals surface area contributed by atoms with E-state index < -0.39 is 5.54 Å². The van der Waals surface area contributed by atoms with E-state index in [0.29, 0.717) is 25.2 Å². The zero-order valence-corrected chi connectivity index (χ0v) is 16.0. The summed E-state index contributed by atoms with van der Waals surface area (Å²) in [6, 6.07) is 14.8. The molecule has 0 aromatic heterocycles. The summed E-state index contributed by atoms with van der Waals surface area (Å²) in [6.07, 6.45) is 2.83.